The van der Waals surface area contributed by atoms with Gasteiger partial charge >= 0.3 is 51.4 Å². The van der Waals surface area contributed by atoms with Gasteiger partial charge in [0.25, 0.3) is 0 Å². The van der Waals surface area contributed by atoms with Crippen LogP contribution in [0.25, 0.3) is 0 Å². The van der Waals surface area contributed by atoms with Crippen molar-refractivity contribution in [2.45, 2.75) is 39.5 Å². The molecule has 0 fully saturated rings. The SMILES string of the molecule is CCCCSCCCC.[H-].[K+]. The summed E-state index contributed by atoms with van der Waals surface area (Å²) in [5.74, 6) is 2.74. The van der Waals surface area contributed by atoms with Crippen molar-refractivity contribution in [3.05, 3.63) is 0 Å². The van der Waals surface area contributed by atoms with E-state index in [-0.39, 0.29) is 52.8 Å². The molecule has 0 unspecified atom stereocenters. The third-order valence-corrected chi connectivity index (χ3v) is 2.44. The van der Waals surface area contributed by atoms with Gasteiger partial charge in [-0.1, -0.05) is 26.7 Å². The van der Waals surface area contributed by atoms with E-state index in [0.717, 1.165) is 0 Å². The molecule has 0 amide bonds. The van der Waals surface area contributed by atoms with E-state index < -0.39 is 0 Å². The zero-order valence-electron chi connectivity index (χ0n) is 8.65. The minimum atomic E-state index is 0. The van der Waals surface area contributed by atoms with Crippen LogP contribution in [0.3, 0.4) is 0 Å². The van der Waals surface area contributed by atoms with Gasteiger partial charge < -0.3 is 1.43 Å². The molecule has 0 spiro atoms. The van der Waals surface area contributed by atoms with Crippen molar-refractivity contribution in [1.82, 2.24) is 0 Å². The molecule has 0 N–H and O–H groups in total. The monoisotopic (exact) mass is 186 g/mol. The first-order chi connectivity index (χ1) is 4.41. The van der Waals surface area contributed by atoms with Crippen LogP contribution in [0.1, 0.15) is 41.0 Å². The smallest absolute Gasteiger partial charge is 1.00 e. The number of rotatable bonds is 6. The molecule has 0 radical (unpaired) electrons. The van der Waals surface area contributed by atoms with Crippen LogP contribution in [0.2, 0.25) is 0 Å². The number of hydrogen-bond acceptors (Lipinski definition) is 1. The summed E-state index contributed by atoms with van der Waals surface area (Å²) in [6.07, 6.45) is 5.49. The molecule has 0 bridgehead atoms. The van der Waals surface area contributed by atoms with Gasteiger partial charge in [0.2, 0.25) is 0 Å². The molecule has 0 aromatic rings. The summed E-state index contributed by atoms with van der Waals surface area (Å²) < 4.78 is 0. The topological polar surface area (TPSA) is 0 Å². The molecule has 0 aromatic carbocycles. The Hall–Kier alpha value is 1.99. The van der Waals surface area contributed by atoms with Gasteiger partial charge in [-0.3, -0.25) is 0 Å². The Balaban J connectivity index is -0.000000320. The maximum atomic E-state index is 2.25. The Bertz CT molecular complexity index is 47.4. The van der Waals surface area contributed by atoms with Gasteiger partial charge in [0.1, 0.15) is 0 Å². The molecule has 0 atom stereocenters. The fourth-order valence-electron chi connectivity index (χ4n) is 0.595. The second-order valence-corrected chi connectivity index (χ2v) is 3.54. The maximum Gasteiger partial charge on any atom is 1.00 e. The summed E-state index contributed by atoms with van der Waals surface area (Å²) in [5.41, 5.74) is 0. The van der Waals surface area contributed by atoms with E-state index in [1.54, 1.807) is 0 Å². The van der Waals surface area contributed by atoms with Crippen LogP contribution in [0.5, 0.6) is 0 Å². The standard InChI is InChI=1S/C8H18S.K.H/c1-3-5-7-9-8-6-4-2;;/h3-8H2,1-2H3;;/q;+1;-1. The van der Waals surface area contributed by atoms with E-state index >= 15 is 0 Å². The molecule has 0 aromatic heterocycles. The van der Waals surface area contributed by atoms with E-state index in [2.05, 4.69) is 25.6 Å². The van der Waals surface area contributed by atoms with Gasteiger partial charge in [0.05, 0.1) is 0 Å². The molecule has 0 aliphatic heterocycles. The Labute approximate surface area is 114 Å². The molecule has 10 heavy (non-hydrogen) atoms. The average Bonchev–Trinajstić information content (AvgIpc) is 1.89. The van der Waals surface area contributed by atoms with Gasteiger partial charge in [-0.05, 0) is 24.3 Å². The summed E-state index contributed by atoms with van der Waals surface area (Å²) in [6.45, 7) is 4.50. The quantitative estimate of drug-likeness (QED) is 0.428. The number of hydrogen-bond donors (Lipinski definition) is 0. The molecule has 0 saturated carbocycles. The van der Waals surface area contributed by atoms with Crippen LogP contribution in [0.4, 0.5) is 0 Å². The maximum absolute atomic E-state index is 2.25. The largest absolute Gasteiger partial charge is 1.00 e. The first-order valence-corrected chi connectivity index (χ1v) is 5.15. The molecule has 0 aliphatic carbocycles. The third-order valence-electron chi connectivity index (χ3n) is 1.28. The predicted octanol–water partition coefficient (Wildman–Crippen LogP) is 0.436. The minimum Gasteiger partial charge on any atom is -1.00 e. The molecular weight excluding hydrogens is 167 g/mol. The summed E-state index contributed by atoms with van der Waals surface area (Å²) in [4.78, 5) is 0. The van der Waals surface area contributed by atoms with Crippen molar-refractivity contribution in [2.24, 2.45) is 0 Å². The molecule has 0 nitrogen and oxygen atoms in total. The second kappa shape index (κ2) is 13.6. The number of unbranched alkanes of at least 4 members (excludes halogenated alkanes) is 2. The molecular formula is C8H19KS. The van der Waals surface area contributed by atoms with Crippen molar-refractivity contribution in [2.75, 3.05) is 11.5 Å². The van der Waals surface area contributed by atoms with Crippen LogP contribution >= 0.6 is 11.8 Å². The third kappa shape index (κ3) is 12.6. The van der Waals surface area contributed by atoms with Crippen LogP contribution < -0.4 is 51.4 Å². The van der Waals surface area contributed by atoms with E-state index in [0.29, 0.717) is 0 Å². The second-order valence-electron chi connectivity index (χ2n) is 2.32. The Kier molecular flexibility index (Phi) is 19.7. The molecule has 0 saturated heterocycles. The van der Waals surface area contributed by atoms with Crippen LogP contribution in [0.15, 0.2) is 0 Å². The van der Waals surface area contributed by atoms with Gasteiger partial charge in [-0.25, -0.2) is 0 Å². The predicted molar refractivity (Wildman–Crippen MR) is 48.3 cm³/mol. The van der Waals surface area contributed by atoms with E-state index in [4.69, 9.17) is 0 Å². The van der Waals surface area contributed by atoms with Gasteiger partial charge in [0, 0.05) is 0 Å². The zero-order valence-corrected chi connectivity index (χ0v) is 11.6. The molecule has 0 heterocycles. The van der Waals surface area contributed by atoms with Crippen molar-refractivity contribution in [3.8, 4) is 0 Å². The van der Waals surface area contributed by atoms with E-state index in [9.17, 15) is 0 Å². The van der Waals surface area contributed by atoms with Crippen LogP contribution in [0, 0.1) is 0 Å². The number of thioether (sulfide) groups is 1. The normalized spacial score (nSPS) is 9.00. The van der Waals surface area contributed by atoms with E-state index in [1.165, 1.54) is 37.2 Å². The van der Waals surface area contributed by atoms with Crippen molar-refractivity contribution in [3.63, 3.8) is 0 Å². The van der Waals surface area contributed by atoms with Gasteiger partial charge in [-0.15, -0.1) is 0 Å². The molecule has 2 heteroatoms. The van der Waals surface area contributed by atoms with Gasteiger partial charge in [0.15, 0.2) is 0 Å². The van der Waals surface area contributed by atoms with Crippen LogP contribution in [-0.2, 0) is 0 Å². The van der Waals surface area contributed by atoms with Crippen molar-refractivity contribution < 1.29 is 52.8 Å². The molecule has 0 rings (SSSR count). The molecule has 0 aliphatic rings. The van der Waals surface area contributed by atoms with E-state index in [1.807, 2.05) is 0 Å². The average molecular weight is 186 g/mol. The first-order valence-electron chi connectivity index (χ1n) is 3.99. The summed E-state index contributed by atoms with van der Waals surface area (Å²) in [5, 5.41) is 0. The first kappa shape index (κ1) is 14.5. The minimum absolute atomic E-state index is 0. The van der Waals surface area contributed by atoms with Crippen LogP contribution in [-0.4, -0.2) is 11.5 Å². The summed E-state index contributed by atoms with van der Waals surface area (Å²) in [6, 6.07) is 0. The van der Waals surface area contributed by atoms with Crippen molar-refractivity contribution >= 4 is 11.8 Å². The summed E-state index contributed by atoms with van der Waals surface area (Å²) >= 11 is 2.10. The summed E-state index contributed by atoms with van der Waals surface area (Å²) in [7, 11) is 0. The fraction of sp³-hybridized carbons (Fsp3) is 1.00. The Morgan fingerprint density at radius 3 is 1.70 bits per heavy atom. The van der Waals surface area contributed by atoms with Gasteiger partial charge in [-0.2, -0.15) is 11.8 Å². The zero-order chi connectivity index (χ0) is 6.95. The fourth-order valence-corrected chi connectivity index (χ4v) is 1.78. The molecule has 58 valence electrons. The Morgan fingerprint density at radius 1 is 1.00 bits per heavy atom. The Morgan fingerprint density at radius 2 is 1.40 bits per heavy atom. The van der Waals surface area contributed by atoms with Crippen molar-refractivity contribution in [1.29, 1.82) is 0 Å².